The van der Waals surface area contributed by atoms with Crippen LogP contribution in [0.3, 0.4) is 0 Å². The van der Waals surface area contributed by atoms with Gasteiger partial charge < -0.3 is 24.4 Å². The first-order chi connectivity index (χ1) is 17.8. The molecule has 0 saturated carbocycles. The van der Waals surface area contributed by atoms with Crippen molar-refractivity contribution in [2.24, 2.45) is 0 Å². The van der Waals surface area contributed by atoms with Crippen LogP contribution in [0.1, 0.15) is 64.6 Å². The smallest absolute Gasteiger partial charge is 0.295 e. The summed E-state index contributed by atoms with van der Waals surface area (Å²) in [4.78, 5) is 30.4. The zero-order chi connectivity index (χ0) is 26.9. The largest absolute Gasteiger partial charge is 0.507 e. The normalized spacial score (nSPS) is 17.2. The number of ether oxygens (including phenoxy) is 2. The molecule has 1 heterocycles. The second-order valence-corrected chi connectivity index (χ2v) is 9.48. The monoisotopic (exact) mass is 508 g/mol. The van der Waals surface area contributed by atoms with E-state index in [2.05, 4.69) is 18.7 Å². The highest BCUT2D eigenvalue weighted by atomic mass is 16.5. The third-order valence-electron chi connectivity index (χ3n) is 6.48. The Balaban J connectivity index is 1.98. The molecule has 0 aromatic heterocycles. The molecule has 2 aromatic rings. The number of benzene rings is 2. The fourth-order valence-corrected chi connectivity index (χ4v) is 4.55. The molecule has 1 amide bonds. The Kier molecular flexibility index (Phi) is 10.1. The topological polar surface area (TPSA) is 79.3 Å². The van der Waals surface area contributed by atoms with Crippen LogP contribution < -0.4 is 9.47 Å². The number of aliphatic hydroxyl groups is 1. The lowest BCUT2D eigenvalue weighted by atomic mass is 9.95. The Morgan fingerprint density at radius 1 is 0.973 bits per heavy atom. The summed E-state index contributed by atoms with van der Waals surface area (Å²) < 4.78 is 11.4. The molecule has 1 aliphatic rings. The summed E-state index contributed by atoms with van der Waals surface area (Å²) in [5.41, 5.74) is 1.32. The summed E-state index contributed by atoms with van der Waals surface area (Å²) in [5.74, 6) is -0.0410. The van der Waals surface area contributed by atoms with Gasteiger partial charge in [0.1, 0.15) is 17.3 Å². The summed E-state index contributed by atoms with van der Waals surface area (Å²) in [5, 5.41) is 11.3. The van der Waals surface area contributed by atoms with E-state index in [-0.39, 0.29) is 17.4 Å². The van der Waals surface area contributed by atoms with E-state index in [1.807, 2.05) is 45.0 Å². The molecule has 7 nitrogen and oxygen atoms in total. The average Bonchev–Trinajstić information content (AvgIpc) is 3.15. The number of aliphatic hydroxyl groups excluding tert-OH is 1. The average molecular weight is 509 g/mol. The van der Waals surface area contributed by atoms with Crippen molar-refractivity contribution in [2.75, 3.05) is 32.8 Å². The fourth-order valence-electron chi connectivity index (χ4n) is 4.55. The molecule has 2 aromatic carbocycles. The Labute approximate surface area is 220 Å². The van der Waals surface area contributed by atoms with E-state index in [1.54, 1.807) is 29.2 Å². The van der Waals surface area contributed by atoms with Gasteiger partial charge in [-0.3, -0.25) is 9.59 Å². The molecule has 0 spiro atoms. The first-order valence-corrected chi connectivity index (χ1v) is 13.3. The predicted octanol–water partition coefficient (Wildman–Crippen LogP) is 5.42. The van der Waals surface area contributed by atoms with Crippen LogP contribution in [0.15, 0.2) is 54.1 Å². The Hall–Kier alpha value is -3.32. The van der Waals surface area contributed by atoms with Crippen molar-refractivity contribution in [1.82, 2.24) is 9.80 Å². The molecule has 0 bridgehead atoms. The number of hydrogen-bond donors (Lipinski definition) is 1. The van der Waals surface area contributed by atoms with Gasteiger partial charge in [-0.25, -0.2) is 0 Å². The Morgan fingerprint density at radius 3 is 2.16 bits per heavy atom. The van der Waals surface area contributed by atoms with E-state index in [0.29, 0.717) is 24.5 Å². The number of likely N-dealkylation sites (tertiary alicyclic amines) is 1. The lowest BCUT2D eigenvalue weighted by Crippen LogP contribution is -2.33. The van der Waals surface area contributed by atoms with Crippen LogP contribution >= 0.6 is 0 Å². The van der Waals surface area contributed by atoms with Gasteiger partial charge in [0.05, 0.1) is 24.3 Å². The molecular weight excluding hydrogens is 468 g/mol. The number of nitrogens with zero attached hydrogens (tertiary/aromatic N) is 2. The second-order valence-electron chi connectivity index (χ2n) is 9.48. The molecule has 0 aliphatic carbocycles. The maximum absolute atomic E-state index is 13.3. The Bertz CT molecular complexity index is 1070. The molecule has 3 rings (SSSR count). The molecule has 0 unspecified atom stereocenters. The van der Waals surface area contributed by atoms with Gasteiger partial charge in [0, 0.05) is 12.1 Å². The van der Waals surface area contributed by atoms with Crippen molar-refractivity contribution in [1.29, 1.82) is 0 Å². The third kappa shape index (κ3) is 6.92. The molecule has 37 heavy (non-hydrogen) atoms. The SMILES string of the molecule is CCCOc1ccc([C@H]2C(=C(O)c3ccc(OC(C)C)cc3)C(=O)C(=O)N2CCCN(CC)CC)cc1. The molecular formula is C30H40N2O5. The minimum atomic E-state index is -0.677. The lowest BCUT2D eigenvalue weighted by molar-refractivity contribution is -0.140. The van der Waals surface area contributed by atoms with Crippen molar-refractivity contribution in [3.8, 4) is 11.5 Å². The summed E-state index contributed by atoms with van der Waals surface area (Å²) >= 11 is 0. The van der Waals surface area contributed by atoms with Gasteiger partial charge in [-0.2, -0.15) is 0 Å². The second kappa shape index (κ2) is 13.3. The molecule has 1 saturated heterocycles. The number of carbonyl (C=O) groups excluding carboxylic acids is 2. The van der Waals surface area contributed by atoms with Gasteiger partial charge in [-0.05, 0) is 88.3 Å². The van der Waals surface area contributed by atoms with Gasteiger partial charge in [0.2, 0.25) is 0 Å². The van der Waals surface area contributed by atoms with E-state index in [1.165, 1.54) is 0 Å². The van der Waals surface area contributed by atoms with E-state index >= 15 is 0 Å². The lowest BCUT2D eigenvalue weighted by Gasteiger charge is -2.27. The minimum absolute atomic E-state index is 0.0189. The van der Waals surface area contributed by atoms with Crippen LogP contribution in [-0.4, -0.2) is 65.5 Å². The standard InChI is InChI=1S/C30H40N2O5/c1-6-20-36-24-14-10-22(11-15-24)27-26(28(33)23-12-16-25(17-13-23)37-21(4)5)29(34)30(35)32(27)19-9-18-31(7-2)8-3/h10-17,21,27,33H,6-9,18-20H2,1-5H3/t27-/m0/s1. The number of Topliss-reactive ketones (excluding diaryl/α,β-unsaturated/α-hetero) is 1. The minimum Gasteiger partial charge on any atom is -0.507 e. The van der Waals surface area contributed by atoms with Gasteiger partial charge in [-0.1, -0.05) is 32.9 Å². The zero-order valence-corrected chi connectivity index (χ0v) is 22.7. The third-order valence-corrected chi connectivity index (χ3v) is 6.48. The molecule has 200 valence electrons. The quantitative estimate of drug-likeness (QED) is 0.221. The number of rotatable bonds is 13. The summed E-state index contributed by atoms with van der Waals surface area (Å²) in [7, 11) is 0. The molecule has 0 radical (unpaired) electrons. The first kappa shape index (κ1) is 28.3. The van der Waals surface area contributed by atoms with E-state index in [9.17, 15) is 14.7 Å². The van der Waals surface area contributed by atoms with Crippen LogP contribution in [0.4, 0.5) is 0 Å². The van der Waals surface area contributed by atoms with Crippen LogP contribution in [-0.2, 0) is 9.59 Å². The van der Waals surface area contributed by atoms with Crippen LogP contribution in [0.2, 0.25) is 0 Å². The number of carbonyl (C=O) groups is 2. The molecule has 1 atom stereocenters. The fraction of sp³-hybridized carbons (Fsp3) is 0.467. The summed E-state index contributed by atoms with van der Waals surface area (Å²) in [6.45, 7) is 13.8. The molecule has 7 heteroatoms. The van der Waals surface area contributed by atoms with Gasteiger partial charge in [0.15, 0.2) is 0 Å². The highest BCUT2D eigenvalue weighted by Gasteiger charge is 2.45. The van der Waals surface area contributed by atoms with Crippen molar-refractivity contribution in [3.63, 3.8) is 0 Å². The number of ketones is 1. The van der Waals surface area contributed by atoms with E-state index < -0.39 is 17.7 Å². The van der Waals surface area contributed by atoms with Crippen LogP contribution in [0, 0.1) is 0 Å². The first-order valence-electron chi connectivity index (χ1n) is 13.3. The van der Waals surface area contributed by atoms with Crippen molar-refractivity contribution < 1.29 is 24.2 Å². The van der Waals surface area contributed by atoms with E-state index in [0.717, 1.165) is 43.8 Å². The Morgan fingerprint density at radius 2 is 1.59 bits per heavy atom. The summed E-state index contributed by atoms with van der Waals surface area (Å²) in [6.07, 6.45) is 1.64. The maximum atomic E-state index is 13.3. The van der Waals surface area contributed by atoms with Crippen molar-refractivity contribution in [3.05, 3.63) is 65.2 Å². The van der Waals surface area contributed by atoms with Gasteiger partial charge in [-0.15, -0.1) is 0 Å². The molecule has 1 aliphatic heterocycles. The maximum Gasteiger partial charge on any atom is 0.295 e. The predicted molar refractivity (Wildman–Crippen MR) is 146 cm³/mol. The zero-order valence-electron chi connectivity index (χ0n) is 22.7. The summed E-state index contributed by atoms with van der Waals surface area (Å²) in [6, 6.07) is 13.7. The van der Waals surface area contributed by atoms with Crippen molar-refractivity contribution in [2.45, 2.75) is 59.6 Å². The van der Waals surface area contributed by atoms with Crippen LogP contribution in [0.25, 0.3) is 5.76 Å². The van der Waals surface area contributed by atoms with Gasteiger partial charge >= 0.3 is 0 Å². The molecule has 1 fully saturated rings. The number of amides is 1. The van der Waals surface area contributed by atoms with E-state index in [4.69, 9.17) is 9.47 Å². The van der Waals surface area contributed by atoms with Crippen LogP contribution in [0.5, 0.6) is 11.5 Å². The van der Waals surface area contributed by atoms with Crippen molar-refractivity contribution >= 4 is 17.4 Å². The van der Waals surface area contributed by atoms with Gasteiger partial charge in [0.25, 0.3) is 11.7 Å². The number of hydrogen-bond acceptors (Lipinski definition) is 6. The highest BCUT2D eigenvalue weighted by Crippen LogP contribution is 2.40. The highest BCUT2D eigenvalue weighted by molar-refractivity contribution is 6.46. The molecule has 1 N–H and O–H groups in total.